The molecule has 1 aromatic rings. The second kappa shape index (κ2) is 8.27. The van der Waals surface area contributed by atoms with Crippen LogP contribution in [0.2, 0.25) is 0 Å². The van der Waals surface area contributed by atoms with Gasteiger partial charge in [-0.1, -0.05) is 25.5 Å². The molecule has 0 fully saturated rings. The lowest BCUT2D eigenvalue weighted by molar-refractivity contribution is -0.386. The number of carbonyl (C=O) groups excluding carboxylic acids is 1. The molecular formula is C14H19NO5. The van der Waals surface area contributed by atoms with Crippen LogP contribution in [0.4, 0.5) is 5.69 Å². The number of esters is 1. The quantitative estimate of drug-likeness (QED) is 0.342. The highest BCUT2D eigenvalue weighted by Gasteiger charge is 2.20. The SMILES string of the molecule is CCCCOC(=O)CCC(O)c1ccccc1[N+](=O)[O-]. The summed E-state index contributed by atoms with van der Waals surface area (Å²) in [4.78, 5) is 21.7. The first-order valence-corrected chi connectivity index (χ1v) is 6.63. The van der Waals surface area contributed by atoms with E-state index in [0.29, 0.717) is 6.61 Å². The van der Waals surface area contributed by atoms with Crippen LogP contribution in [0.5, 0.6) is 0 Å². The predicted molar refractivity (Wildman–Crippen MR) is 73.2 cm³/mol. The number of nitrogens with zero attached hydrogens (tertiary/aromatic N) is 1. The Morgan fingerprint density at radius 3 is 2.80 bits per heavy atom. The van der Waals surface area contributed by atoms with Crippen molar-refractivity contribution in [1.82, 2.24) is 0 Å². The van der Waals surface area contributed by atoms with Gasteiger partial charge < -0.3 is 9.84 Å². The minimum absolute atomic E-state index is 0.0386. The van der Waals surface area contributed by atoms with E-state index in [-0.39, 0.29) is 24.1 Å². The van der Waals surface area contributed by atoms with E-state index in [0.717, 1.165) is 12.8 Å². The zero-order valence-electron chi connectivity index (χ0n) is 11.4. The van der Waals surface area contributed by atoms with Crippen molar-refractivity contribution in [2.75, 3.05) is 6.61 Å². The predicted octanol–water partition coefficient (Wildman–Crippen LogP) is 2.75. The topological polar surface area (TPSA) is 89.7 Å². The number of benzene rings is 1. The molecule has 0 saturated carbocycles. The smallest absolute Gasteiger partial charge is 0.305 e. The van der Waals surface area contributed by atoms with E-state index in [1.54, 1.807) is 6.07 Å². The number of ether oxygens (including phenoxy) is 1. The Morgan fingerprint density at radius 2 is 2.15 bits per heavy atom. The van der Waals surface area contributed by atoms with Crippen molar-refractivity contribution in [3.63, 3.8) is 0 Å². The number of carbonyl (C=O) groups is 1. The van der Waals surface area contributed by atoms with E-state index in [1.165, 1.54) is 18.2 Å². The molecule has 0 bridgehead atoms. The Bertz CT molecular complexity index is 461. The third-order valence-electron chi connectivity index (χ3n) is 2.88. The van der Waals surface area contributed by atoms with Gasteiger partial charge in [0.25, 0.3) is 5.69 Å². The summed E-state index contributed by atoms with van der Waals surface area (Å²) in [5.74, 6) is -0.393. The molecule has 1 unspecified atom stereocenters. The van der Waals surface area contributed by atoms with Crippen molar-refractivity contribution in [2.24, 2.45) is 0 Å². The lowest BCUT2D eigenvalue weighted by atomic mass is 10.0. The number of para-hydroxylation sites is 1. The lowest BCUT2D eigenvalue weighted by Crippen LogP contribution is -2.09. The van der Waals surface area contributed by atoms with E-state index in [9.17, 15) is 20.0 Å². The molecule has 1 aromatic carbocycles. The van der Waals surface area contributed by atoms with Crippen LogP contribution in [0.15, 0.2) is 24.3 Å². The molecule has 0 heterocycles. The Kier molecular flexibility index (Phi) is 6.66. The first kappa shape index (κ1) is 16.1. The van der Waals surface area contributed by atoms with Crippen LogP contribution in [0.25, 0.3) is 0 Å². The maximum Gasteiger partial charge on any atom is 0.305 e. The van der Waals surface area contributed by atoms with Gasteiger partial charge in [-0.25, -0.2) is 0 Å². The van der Waals surface area contributed by atoms with Gasteiger partial charge in [0.05, 0.1) is 23.2 Å². The molecule has 0 aliphatic carbocycles. The average molecular weight is 281 g/mol. The fraction of sp³-hybridized carbons (Fsp3) is 0.500. The number of hydrogen-bond donors (Lipinski definition) is 1. The number of nitro benzene ring substituents is 1. The fourth-order valence-corrected chi connectivity index (χ4v) is 1.75. The van der Waals surface area contributed by atoms with Crippen LogP contribution in [0, 0.1) is 10.1 Å². The highest BCUT2D eigenvalue weighted by atomic mass is 16.6. The summed E-state index contributed by atoms with van der Waals surface area (Å²) < 4.78 is 4.96. The van der Waals surface area contributed by atoms with Crippen molar-refractivity contribution < 1.29 is 19.6 Å². The summed E-state index contributed by atoms with van der Waals surface area (Å²) in [5, 5.41) is 20.8. The molecule has 0 amide bonds. The number of unbranched alkanes of at least 4 members (excludes halogenated alkanes) is 1. The van der Waals surface area contributed by atoms with Crippen molar-refractivity contribution >= 4 is 11.7 Å². The number of rotatable bonds is 8. The minimum Gasteiger partial charge on any atom is -0.466 e. The Labute approximate surface area is 117 Å². The summed E-state index contributed by atoms with van der Waals surface area (Å²) in [7, 11) is 0. The molecule has 1 rings (SSSR count). The van der Waals surface area contributed by atoms with Gasteiger partial charge in [0.2, 0.25) is 0 Å². The molecule has 0 aliphatic rings. The fourth-order valence-electron chi connectivity index (χ4n) is 1.75. The van der Waals surface area contributed by atoms with Crippen LogP contribution < -0.4 is 0 Å². The molecule has 0 aliphatic heterocycles. The Morgan fingerprint density at radius 1 is 1.45 bits per heavy atom. The molecule has 110 valence electrons. The summed E-state index contributed by atoms with van der Waals surface area (Å²) in [6.45, 7) is 2.36. The maximum atomic E-state index is 11.4. The van der Waals surface area contributed by atoms with Crippen molar-refractivity contribution in [3.05, 3.63) is 39.9 Å². The highest BCUT2D eigenvalue weighted by Crippen LogP contribution is 2.27. The second-order valence-electron chi connectivity index (χ2n) is 4.44. The van der Waals surface area contributed by atoms with E-state index in [2.05, 4.69) is 0 Å². The number of nitro groups is 1. The van der Waals surface area contributed by atoms with Gasteiger partial charge in [-0.3, -0.25) is 14.9 Å². The summed E-state index contributed by atoms with van der Waals surface area (Å²) in [6.07, 6.45) is 0.840. The van der Waals surface area contributed by atoms with Gasteiger partial charge in [0.1, 0.15) is 0 Å². The zero-order chi connectivity index (χ0) is 15.0. The first-order valence-electron chi connectivity index (χ1n) is 6.63. The zero-order valence-corrected chi connectivity index (χ0v) is 11.4. The summed E-state index contributed by atoms with van der Waals surface area (Å²) in [6, 6.07) is 5.97. The van der Waals surface area contributed by atoms with Gasteiger partial charge in [-0.2, -0.15) is 0 Å². The van der Waals surface area contributed by atoms with Gasteiger partial charge in [-0.15, -0.1) is 0 Å². The molecule has 0 spiro atoms. The van der Waals surface area contributed by atoms with Crippen molar-refractivity contribution in [3.8, 4) is 0 Å². The van der Waals surface area contributed by atoms with E-state index >= 15 is 0 Å². The van der Waals surface area contributed by atoms with Crippen molar-refractivity contribution in [2.45, 2.75) is 38.7 Å². The highest BCUT2D eigenvalue weighted by molar-refractivity contribution is 5.69. The molecule has 6 nitrogen and oxygen atoms in total. The van der Waals surface area contributed by atoms with Crippen LogP contribution in [-0.2, 0) is 9.53 Å². The van der Waals surface area contributed by atoms with E-state index in [1.807, 2.05) is 6.92 Å². The number of hydrogen-bond acceptors (Lipinski definition) is 5. The number of aliphatic hydroxyl groups is 1. The lowest BCUT2D eigenvalue weighted by Gasteiger charge is -2.11. The third-order valence-corrected chi connectivity index (χ3v) is 2.88. The molecule has 1 N–H and O–H groups in total. The maximum absolute atomic E-state index is 11.4. The normalized spacial score (nSPS) is 11.9. The third kappa shape index (κ3) is 4.97. The summed E-state index contributed by atoms with van der Waals surface area (Å²) in [5.41, 5.74) is 0.0817. The number of aliphatic hydroxyl groups excluding tert-OH is 1. The largest absolute Gasteiger partial charge is 0.466 e. The molecule has 20 heavy (non-hydrogen) atoms. The van der Waals surface area contributed by atoms with Crippen molar-refractivity contribution in [1.29, 1.82) is 0 Å². The second-order valence-corrected chi connectivity index (χ2v) is 4.44. The van der Waals surface area contributed by atoms with Gasteiger partial charge >= 0.3 is 5.97 Å². The average Bonchev–Trinajstić information content (AvgIpc) is 2.45. The standard InChI is InChI=1S/C14H19NO5/c1-2-3-10-20-14(17)9-8-13(16)11-6-4-5-7-12(11)15(18)19/h4-7,13,16H,2-3,8-10H2,1H3. The van der Waals surface area contributed by atoms with Gasteiger partial charge in [0, 0.05) is 12.5 Å². The molecule has 1 atom stereocenters. The Hall–Kier alpha value is -1.95. The van der Waals surface area contributed by atoms with Crippen LogP contribution >= 0.6 is 0 Å². The minimum atomic E-state index is -1.05. The molecule has 0 aromatic heterocycles. The molecule has 0 radical (unpaired) electrons. The molecular weight excluding hydrogens is 262 g/mol. The molecule has 6 heteroatoms. The monoisotopic (exact) mass is 281 g/mol. The van der Waals surface area contributed by atoms with Crippen LogP contribution in [0.3, 0.4) is 0 Å². The Balaban J connectivity index is 2.53. The van der Waals surface area contributed by atoms with Crippen LogP contribution in [-0.4, -0.2) is 22.6 Å². The first-order chi connectivity index (χ1) is 9.56. The van der Waals surface area contributed by atoms with Gasteiger partial charge in [0.15, 0.2) is 0 Å². The molecule has 0 saturated heterocycles. The summed E-state index contributed by atoms with van der Waals surface area (Å²) >= 11 is 0. The van der Waals surface area contributed by atoms with Crippen LogP contribution in [0.1, 0.15) is 44.3 Å². The van der Waals surface area contributed by atoms with E-state index in [4.69, 9.17) is 4.74 Å². The van der Waals surface area contributed by atoms with E-state index < -0.39 is 17.0 Å². The van der Waals surface area contributed by atoms with Gasteiger partial charge in [-0.05, 0) is 18.9 Å².